The minimum atomic E-state index is 0.0505. The summed E-state index contributed by atoms with van der Waals surface area (Å²) in [5.74, 6) is 1.62. The van der Waals surface area contributed by atoms with E-state index in [-0.39, 0.29) is 6.61 Å². The first-order valence-electron chi connectivity index (χ1n) is 6.62. The quantitative estimate of drug-likeness (QED) is 0.704. The first-order chi connectivity index (χ1) is 9.40. The lowest BCUT2D eigenvalue weighted by atomic mass is 10.5. The molecule has 1 aromatic heterocycles. The third-order valence-corrected chi connectivity index (χ3v) is 2.71. The smallest absolute Gasteiger partial charge is 0.178 e. The molecular weight excluding hydrogens is 250 g/mol. The molecule has 0 unspecified atom stereocenters. The number of rotatable bonds is 8. The van der Waals surface area contributed by atoms with Crippen molar-refractivity contribution in [3.8, 4) is 11.5 Å². The lowest BCUT2D eigenvalue weighted by Crippen LogP contribution is -2.10. The number of aromatic nitrogens is 1. The summed E-state index contributed by atoms with van der Waals surface area (Å²) in [4.78, 5) is 0. The summed E-state index contributed by atoms with van der Waals surface area (Å²) in [6.07, 6.45) is 4.80. The number of aliphatic hydroxyl groups is 1. The molecule has 0 saturated carbocycles. The lowest BCUT2D eigenvalue weighted by molar-refractivity contribution is 0.0309. The zero-order chi connectivity index (χ0) is 13.3. The highest BCUT2D eigenvalue weighted by Gasteiger charge is 2.12. The van der Waals surface area contributed by atoms with Crippen LogP contribution in [0.15, 0.2) is 12.4 Å². The maximum Gasteiger partial charge on any atom is 0.178 e. The Balaban J connectivity index is 1.63. The van der Waals surface area contributed by atoms with E-state index in [1.54, 1.807) is 0 Å². The topological polar surface area (TPSA) is 62.1 Å². The molecule has 2 heterocycles. The van der Waals surface area contributed by atoms with Crippen LogP contribution in [0, 0.1) is 0 Å². The highest BCUT2D eigenvalue weighted by Crippen LogP contribution is 2.30. The molecule has 1 aromatic rings. The van der Waals surface area contributed by atoms with E-state index in [1.807, 2.05) is 17.0 Å². The summed E-state index contributed by atoms with van der Waals surface area (Å²) in [5.41, 5.74) is 0. The number of fused-ring (bicyclic) bond motifs is 1. The molecule has 0 radical (unpaired) electrons. The molecule has 19 heavy (non-hydrogen) atoms. The minimum Gasteiger partial charge on any atom is -0.488 e. The normalized spacial score (nSPS) is 14.4. The van der Waals surface area contributed by atoms with E-state index in [1.165, 1.54) is 0 Å². The van der Waals surface area contributed by atoms with E-state index in [2.05, 4.69) is 0 Å². The molecule has 0 spiro atoms. The Bertz CT molecular complexity index is 342. The van der Waals surface area contributed by atoms with Gasteiger partial charge in [0.1, 0.15) is 0 Å². The predicted molar refractivity (Wildman–Crippen MR) is 68.8 cm³/mol. The zero-order valence-electron chi connectivity index (χ0n) is 11.0. The largest absolute Gasteiger partial charge is 0.488 e. The summed E-state index contributed by atoms with van der Waals surface area (Å²) in [6.45, 7) is 4.22. The Labute approximate surface area is 112 Å². The van der Waals surface area contributed by atoms with Crippen molar-refractivity contribution in [1.82, 2.24) is 4.57 Å². The standard InChI is InChI=1S/C13H21NO5/c15-3-7-17-9-8-16-6-2-14-10-12-13(11-14)19-5-1-4-18-12/h10-11,15H,1-9H2. The van der Waals surface area contributed by atoms with Crippen LogP contribution < -0.4 is 9.47 Å². The van der Waals surface area contributed by atoms with Crippen molar-refractivity contribution in [2.24, 2.45) is 0 Å². The van der Waals surface area contributed by atoms with Crippen LogP contribution >= 0.6 is 0 Å². The lowest BCUT2D eigenvalue weighted by Gasteiger charge is -2.06. The van der Waals surface area contributed by atoms with Crippen molar-refractivity contribution < 1.29 is 24.1 Å². The Morgan fingerprint density at radius 1 is 1.00 bits per heavy atom. The molecule has 6 nitrogen and oxygen atoms in total. The first kappa shape index (κ1) is 14.2. The van der Waals surface area contributed by atoms with E-state index in [4.69, 9.17) is 24.1 Å². The van der Waals surface area contributed by atoms with Crippen LogP contribution in [0.4, 0.5) is 0 Å². The SMILES string of the molecule is OCCOCCOCCn1cc2c(c1)OCCCO2. The average molecular weight is 271 g/mol. The first-order valence-corrected chi connectivity index (χ1v) is 6.62. The molecule has 1 aliphatic heterocycles. The molecule has 0 atom stereocenters. The number of ether oxygens (including phenoxy) is 4. The monoisotopic (exact) mass is 271 g/mol. The van der Waals surface area contributed by atoms with Crippen LogP contribution in [0.1, 0.15) is 6.42 Å². The second kappa shape index (κ2) is 8.04. The van der Waals surface area contributed by atoms with E-state index in [9.17, 15) is 0 Å². The fourth-order valence-corrected chi connectivity index (χ4v) is 1.79. The fraction of sp³-hybridized carbons (Fsp3) is 0.692. The van der Waals surface area contributed by atoms with Gasteiger partial charge in [-0.2, -0.15) is 0 Å². The third-order valence-electron chi connectivity index (χ3n) is 2.71. The minimum absolute atomic E-state index is 0.0505. The van der Waals surface area contributed by atoms with Crippen LogP contribution in [-0.4, -0.2) is 55.9 Å². The number of hydrogen-bond donors (Lipinski definition) is 1. The Hall–Kier alpha value is -1.24. The molecule has 0 aliphatic carbocycles. The van der Waals surface area contributed by atoms with Gasteiger partial charge in [-0.25, -0.2) is 0 Å². The average Bonchev–Trinajstić information content (AvgIpc) is 2.67. The van der Waals surface area contributed by atoms with Crippen LogP contribution in [0.3, 0.4) is 0 Å². The molecule has 0 aromatic carbocycles. The van der Waals surface area contributed by atoms with E-state index >= 15 is 0 Å². The molecule has 0 saturated heterocycles. The van der Waals surface area contributed by atoms with Crippen molar-refractivity contribution >= 4 is 0 Å². The maximum absolute atomic E-state index is 8.52. The highest BCUT2D eigenvalue weighted by atomic mass is 16.5. The van der Waals surface area contributed by atoms with Crippen molar-refractivity contribution in [2.75, 3.05) is 46.2 Å². The second-order valence-electron chi connectivity index (χ2n) is 4.22. The summed E-state index contributed by atoms with van der Waals surface area (Å²) < 4.78 is 23.7. The van der Waals surface area contributed by atoms with Gasteiger partial charge in [0.15, 0.2) is 11.5 Å². The van der Waals surface area contributed by atoms with Gasteiger partial charge < -0.3 is 28.6 Å². The number of hydrogen-bond acceptors (Lipinski definition) is 5. The van der Waals surface area contributed by atoms with Crippen molar-refractivity contribution in [1.29, 1.82) is 0 Å². The van der Waals surface area contributed by atoms with E-state index < -0.39 is 0 Å². The van der Waals surface area contributed by atoms with Gasteiger partial charge in [-0.05, 0) is 0 Å². The summed E-state index contributed by atoms with van der Waals surface area (Å²) in [5, 5.41) is 8.52. The molecule has 0 amide bonds. The molecule has 0 bridgehead atoms. The molecular formula is C13H21NO5. The summed E-state index contributed by atoms with van der Waals surface area (Å²) in [6, 6.07) is 0. The van der Waals surface area contributed by atoms with Crippen LogP contribution in [0.25, 0.3) is 0 Å². The van der Waals surface area contributed by atoms with Crippen molar-refractivity contribution in [3.05, 3.63) is 12.4 Å². The van der Waals surface area contributed by atoms with Crippen LogP contribution in [0.5, 0.6) is 11.5 Å². The molecule has 108 valence electrons. The zero-order valence-corrected chi connectivity index (χ0v) is 11.0. The van der Waals surface area contributed by atoms with Gasteiger partial charge >= 0.3 is 0 Å². The summed E-state index contributed by atoms with van der Waals surface area (Å²) in [7, 11) is 0. The van der Waals surface area contributed by atoms with Crippen LogP contribution in [0.2, 0.25) is 0 Å². The summed E-state index contributed by atoms with van der Waals surface area (Å²) >= 11 is 0. The molecule has 6 heteroatoms. The molecule has 2 rings (SSSR count). The maximum atomic E-state index is 8.52. The van der Waals surface area contributed by atoms with Gasteiger partial charge in [0, 0.05) is 13.0 Å². The van der Waals surface area contributed by atoms with Gasteiger partial charge in [0.2, 0.25) is 0 Å². The molecule has 0 fully saturated rings. The van der Waals surface area contributed by atoms with Crippen LogP contribution in [-0.2, 0) is 16.0 Å². The predicted octanol–water partition coefficient (Wildman–Crippen LogP) is 0.675. The number of aliphatic hydroxyl groups excluding tert-OH is 1. The molecule has 1 aliphatic rings. The van der Waals surface area contributed by atoms with Crippen molar-refractivity contribution in [3.63, 3.8) is 0 Å². The van der Waals surface area contributed by atoms with Gasteiger partial charge in [-0.1, -0.05) is 0 Å². The molecule has 1 N–H and O–H groups in total. The van der Waals surface area contributed by atoms with Gasteiger partial charge in [0.25, 0.3) is 0 Å². The van der Waals surface area contributed by atoms with E-state index in [0.717, 1.165) is 24.5 Å². The number of nitrogens with zero attached hydrogens (tertiary/aromatic N) is 1. The second-order valence-corrected chi connectivity index (χ2v) is 4.22. The van der Waals surface area contributed by atoms with Gasteiger partial charge in [0.05, 0.1) is 58.6 Å². The third kappa shape index (κ3) is 4.74. The Kier molecular flexibility index (Phi) is 6.00. The van der Waals surface area contributed by atoms with E-state index in [0.29, 0.717) is 39.6 Å². The Morgan fingerprint density at radius 2 is 1.63 bits per heavy atom. The van der Waals surface area contributed by atoms with Gasteiger partial charge in [-0.15, -0.1) is 0 Å². The van der Waals surface area contributed by atoms with Gasteiger partial charge in [-0.3, -0.25) is 0 Å². The Morgan fingerprint density at radius 3 is 2.26 bits per heavy atom. The van der Waals surface area contributed by atoms with Crippen molar-refractivity contribution in [2.45, 2.75) is 13.0 Å². The fourth-order valence-electron chi connectivity index (χ4n) is 1.79. The highest BCUT2D eigenvalue weighted by molar-refractivity contribution is 5.38.